The average molecular weight is 281 g/mol. The van der Waals surface area contributed by atoms with E-state index in [9.17, 15) is 14.9 Å². The molecule has 110 valence electrons. The molecule has 0 saturated carbocycles. The Labute approximate surface area is 117 Å². The molecule has 7 nitrogen and oxygen atoms in total. The van der Waals surface area contributed by atoms with E-state index in [4.69, 9.17) is 4.74 Å². The molecule has 7 heteroatoms. The topological polar surface area (TPSA) is 84.7 Å². The van der Waals surface area contributed by atoms with E-state index in [1.54, 1.807) is 21.0 Å². The standard InChI is InChI=1S/C13H19N3O4/c1-4-20-12-10(6-5-7-11(12)16(18)19)13(17)15(3)9-8-14-2/h5-7,14H,4,8-9H2,1-3H3. The first-order chi connectivity index (χ1) is 9.52. The van der Waals surface area contributed by atoms with Crippen molar-refractivity contribution in [1.29, 1.82) is 0 Å². The van der Waals surface area contributed by atoms with E-state index in [0.29, 0.717) is 13.1 Å². The van der Waals surface area contributed by atoms with Gasteiger partial charge in [-0.25, -0.2) is 0 Å². The molecule has 0 saturated heterocycles. The molecule has 20 heavy (non-hydrogen) atoms. The largest absolute Gasteiger partial charge is 0.487 e. The van der Waals surface area contributed by atoms with Crippen molar-refractivity contribution in [2.75, 3.05) is 33.8 Å². The van der Waals surface area contributed by atoms with Gasteiger partial charge in [-0.3, -0.25) is 14.9 Å². The fourth-order valence-electron chi connectivity index (χ4n) is 1.72. The van der Waals surface area contributed by atoms with Gasteiger partial charge in [0, 0.05) is 26.2 Å². The van der Waals surface area contributed by atoms with Crippen LogP contribution in [-0.4, -0.2) is 49.5 Å². The fourth-order valence-corrected chi connectivity index (χ4v) is 1.72. The number of carbonyl (C=O) groups excluding carboxylic acids is 1. The van der Waals surface area contributed by atoms with Gasteiger partial charge in [0.1, 0.15) is 0 Å². The predicted octanol–water partition coefficient (Wildman–Crippen LogP) is 1.28. The summed E-state index contributed by atoms with van der Waals surface area (Å²) < 4.78 is 5.30. The third kappa shape index (κ3) is 3.67. The lowest BCUT2D eigenvalue weighted by molar-refractivity contribution is -0.385. The lowest BCUT2D eigenvalue weighted by Crippen LogP contribution is -2.33. The number of hydrogen-bond acceptors (Lipinski definition) is 5. The Morgan fingerprint density at radius 3 is 2.75 bits per heavy atom. The van der Waals surface area contributed by atoms with Crippen LogP contribution in [0.25, 0.3) is 0 Å². The van der Waals surface area contributed by atoms with E-state index >= 15 is 0 Å². The molecule has 0 aliphatic heterocycles. The summed E-state index contributed by atoms with van der Waals surface area (Å²) in [6, 6.07) is 4.35. The first-order valence-corrected chi connectivity index (χ1v) is 6.33. The van der Waals surface area contributed by atoms with E-state index < -0.39 is 4.92 Å². The fraction of sp³-hybridized carbons (Fsp3) is 0.462. The zero-order valence-electron chi connectivity index (χ0n) is 11.9. The van der Waals surface area contributed by atoms with Crippen LogP contribution in [0.4, 0.5) is 5.69 Å². The van der Waals surface area contributed by atoms with Crippen LogP contribution in [0.3, 0.4) is 0 Å². The molecule has 1 amide bonds. The third-order valence-corrected chi connectivity index (χ3v) is 2.75. The molecule has 1 aromatic carbocycles. The molecule has 0 radical (unpaired) electrons. The monoisotopic (exact) mass is 281 g/mol. The van der Waals surface area contributed by atoms with Gasteiger partial charge >= 0.3 is 5.69 Å². The van der Waals surface area contributed by atoms with E-state index in [1.807, 2.05) is 0 Å². The zero-order chi connectivity index (χ0) is 15.1. The SMILES string of the molecule is CCOc1c(C(=O)N(C)CCNC)cccc1[N+](=O)[O-]. The van der Waals surface area contributed by atoms with Crippen LogP contribution in [0.1, 0.15) is 17.3 Å². The molecule has 0 spiro atoms. The summed E-state index contributed by atoms with van der Waals surface area (Å²) in [7, 11) is 3.44. The summed E-state index contributed by atoms with van der Waals surface area (Å²) in [5, 5.41) is 13.9. The van der Waals surface area contributed by atoms with Crippen molar-refractivity contribution >= 4 is 11.6 Å². The average Bonchev–Trinajstić information content (AvgIpc) is 2.44. The normalized spacial score (nSPS) is 10.2. The minimum atomic E-state index is -0.546. The molecular formula is C13H19N3O4. The quantitative estimate of drug-likeness (QED) is 0.601. The molecule has 0 unspecified atom stereocenters. The Bertz CT molecular complexity index is 491. The molecule has 1 rings (SSSR count). The van der Waals surface area contributed by atoms with Gasteiger partial charge in [-0.15, -0.1) is 0 Å². The lowest BCUT2D eigenvalue weighted by atomic mass is 10.1. The number of benzene rings is 1. The number of nitro benzene ring substituents is 1. The number of nitrogens with zero attached hydrogens (tertiary/aromatic N) is 2. The van der Waals surface area contributed by atoms with E-state index in [2.05, 4.69) is 5.32 Å². The molecule has 0 aliphatic carbocycles. The van der Waals surface area contributed by atoms with Gasteiger partial charge in [-0.1, -0.05) is 6.07 Å². The Hall–Kier alpha value is -2.15. The predicted molar refractivity (Wildman–Crippen MR) is 75.2 cm³/mol. The highest BCUT2D eigenvalue weighted by molar-refractivity contribution is 5.98. The summed E-state index contributed by atoms with van der Waals surface area (Å²) >= 11 is 0. The number of carbonyl (C=O) groups is 1. The highest BCUT2D eigenvalue weighted by Gasteiger charge is 2.24. The summed E-state index contributed by atoms with van der Waals surface area (Å²) in [6.07, 6.45) is 0. The smallest absolute Gasteiger partial charge is 0.311 e. The second kappa shape index (κ2) is 7.44. The molecule has 0 bridgehead atoms. The first kappa shape index (κ1) is 15.9. The molecular weight excluding hydrogens is 262 g/mol. The van der Waals surface area contributed by atoms with Crippen LogP contribution < -0.4 is 10.1 Å². The second-order valence-electron chi connectivity index (χ2n) is 4.17. The van der Waals surface area contributed by atoms with Crippen LogP contribution in [0, 0.1) is 10.1 Å². The van der Waals surface area contributed by atoms with Gasteiger partial charge in [-0.2, -0.15) is 0 Å². The van der Waals surface area contributed by atoms with Gasteiger partial charge < -0.3 is 15.0 Å². The highest BCUT2D eigenvalue weighted by atomic mass is 16.6. The number of likely N-dealkylation sites (N-methyl/N-ethyl adjacent to an activating group) is 2. The Morgan fingerprint density at radius 1 is 1.50 bits per heavy atom. The van der Waals surface area contributed by atoms with Gasteiger partial charge in [0.2, 0.25) is 5.75 Å². The molecule has 0 atom stereocenters. The van der Waals surface area contributed by atoms with Crippen LogP contribution in [0.5, 0.6) is 5.75 Å². The number of nitro groups is 1. The Kier molecular flexibility index (Phi) is 5.92. The summed E-state index contributed by atoms with van der Waals surface area (Å²) in [5.74, 6) is -0.270. The van der Waals surface area contributed by atoms with Crippen LogP contribution in [0.15, 0.2) is 18.2 Å². The van der Waals surface area contributed by atoms with Crippen LogP contribution >= 0.6 is 0 Å². The minimum absolute atomic E-state index is 0.0290. The lowest BCUT2D eigenvalue weighted by Gasteiger charge is -2.18. The zero-order valence-corrected chi connectivity index (χ0v) is 11.9. The number of rotatable bonds is 7. The number of hydrogen-bond donors (Lipinski definition) is 1. The maximum Gasteiger partial charge on any atom is 0.311 e. The maximum absolute atomic E-state index is 12.3. The van der Waals surface area contributed by atoms with Gasteiger partial charge in [-0.05, 0) is 20.0 Å². The number of para-hydroxylation sites is 1. The summed E-state index contributed by atoms with van der Waals surface area (Å²) in [6.45, 7) is 3.12. The van der Waals surface area contributed by atoms with Gasteiger partial charge in [0.05, 0.1) is 17.1 Å². The van der Waals surface area contributed by atoms with Crippen molar-refractivity contribution < 1.29 is 14.5 Å². The van der Waals surface area contributed by atoms with Gasteiger partial charge in [0.25, 0.3) is 5.91 Å². The third-order valence-electron chi connectivity index (χ3n) is 2.75. The molecule has 0 aliphatic rings. The van der Waals surface area contributed by atoms with Crippen LogP contribution in [-0.2, 0) is 0 Å². The van der Waals surface area contributed by atoms with Gasteiger partial charge in [0.15, 0.2) is 0 Å². The first-order valence-electron chi connectivity index (χ1n) is 6.33. The van der Waals surface area contributed by atoms with E-state index in [-0.39, 0.29) is 29.5 Å². The van der Waals surface area contributed by atoms with Crippen LogP contribution in [0.2, 0.25) is 0 Å². The maximum atomic E-state index is 12.3. The highest BCUT2D eigenvalue weighted by Crippen LogP contribution is 2.31. The summed E-state index contributed by atoms with van der Waals surface area (Å²) in [4.78, 5) is 24.3. The van der Waals surface area contributed by atoms with E-state index in [1.165, 1.54) is 23.1 Å². The Balaban J connectivity index is 3.13. The van der Waals surface area contributed by atoms with Crippen molar-refractivity contribution in [3.63, 3.8) is 0 Å². The summed E-state index contributed by atoms with van der Waals surface area (Å²) in [5.41, 5.74) is 0.0133. The molecule has 1 aromatic rings. The Morgan fingerprint density at radius 2 is 2.20 bits per heavy atom. The van der Waals surface area contributed by atoms with Crippen molar-refractivity contribution in [2.45, 2.75) is 6.92 Å². The van der Waals surface area contributed by atoms with Crippen molar-refractivity contribution in [1.82, 2.24) is 10.2 Å². The number of nitrogens with one attached hydrogen (secondary N) is 1. The minimum Gasteiger partial charge on any atom is -0.487 e. The molecule has 0 aromatic heterocycles. The van der Waals surface area contributed by atoms with E-state index in [0.717, 1.165) is 0 Å². The van der Waals surface area contributed by atoms with Crippen molar-refractivity contribution in [3.8, 4) is 5.75 Å². The van der Waals surface area contributed by atoms with Crippen molar-refractivity contribution in [3.05, 3.63) is 33.9 Å². The molecule has 0 heterocycles. The number of amides is 1. The van der Waals surface area contributed by atoms with Crippen molar-refractivity contribution in [2.24, 2.45) is 0 Å². The second-order valence-corrected chi connectivity index (χ2v) is 4.17. The number of ether oxygens (including phenoxy) is 1. The molecule has 0 fully saturated rings. The molecule has 1 N–H and O–H groups in total.